The lowest BCUT2D eigenvalue weighted by molar-refractivity contribution is -0.164. The Bertz CT molecular complexity index is 1010. The minimum atomic E-state index is -1.08. The van der Waals surface area contributed by atoms with Crippen molar-refractivity contribution in [1.82, 2.24) is 0 Å². The van der Waals surface area contributed by atoms with Gasteiger partial charge in [0.25, 0.3) is 0 Å². The van der Waals surface area contributed by atoms with E-state index in [0.29, 0.717) is 16.7 Å². The molecule has 0 radical (unpaired) electrons. The molecule has 43 heavy (non-hydrogen) atoms. The third-order valence-corrected chi connectivity index (χ3v) is 12.0. The molecule has 0 aromatic rings. The first kappa shape index (κ1) is 35.1. The quantitative estimate of drug-likeness (QED) is 0.152. The second-order valence-corrected chi connectivity index (χ2v) is 14.8. The molecule has 0 amide bonds. The predicted octanol–water partition coefficient (Wildman–Crippen LogP) is 7.74. The lowest BCUT2D eigenvalue weighted by Crippen LogP contribution is -2.54. The fourth-order valence-electron chi connectivity index (χ4n) is 9.90. The van der Waals surface area contributed by atoms with Gasteiger partial charge in [0.1, 0.15) is 6.10 Å². The van der Waals surface area contributed by atoms with Gasteiger partial charge in [-0.25, -0.2) is 0 Å². The van der Waals surface area contributed by atoms with Crippen LogP contribution in [0.4, 0.5) is 0 Å². The van der Waals surface area contributed by atoms with Gasteiger partial charge in [0, 0.05) is 0 Å². The first-order chi connectivity index (χ1) is 20.2. The molecule has 3 N–H and O–H groups in total. The molecule has 4 rings (SSSR count). The number of carbonyl (C=O) groups is 4. The Kier molecular flexibility index (Phi) is 12.3. The number of allylic oxidation sites excluding steroid dienone is 1. The molecule has 4 saturated carbocycles. The van der Waals surface area contributed by atoms with Crippen molar-refractivity contribution in [3.8, 4) is 0 Å². The molecule has 8 heteroatoms. The van der Waals surface area contributed by atoms with Gasteiger partial charge < -0.3 is 20.1 Å². The zero-order chi connectivity index (χ0) is 31.9. The van der Waals surface area contributed by atoms with Gasteiger partial charge in [-0.15, -0.1) is 6.58 Å². The van der Waals surface area contributed by atoms with Gasteiger partial charge in [0.2, 0.25) is 0 Å². The van der Waals surface area contributed by atoms with Crippen LogP contribution in [-0.4, -0.2) is 45.3 Å². The maximum atomic E-state index is 12.1. The molecule has 244 valence electrons. The number of aliphatic carboxylic acids is 3. The molecule has 0 heterocycles. The summed E-state index contributed by atoms with van der Waals surface area (Å²) in [4.78, 5) is 42.2. The van der Waals surface area contributed by atoms with Gasteiger partial charge in [-0.05, 0) is 124 Å². The number of rotatable bonds is 12. The van der Waals surface area contributed by atoms with Crippen molar-refractivity contribution in [2.24, 2.45) is 46.3 Å². The van der Waals surface area contributed by atoms with E-state index in [4.69, 9.17) is 20.1 Å². The highest BCUT2D eigenvalue weighted by molar-refractivity contribution is 5.76. The van der Waals surface area contributed by atoms with Crippen LogP contribution in [0.2, 0.25) is 0 Å². The van der Waals surface area contributed by atoms with Gasteiger partial charge >= 0.3 is 23.9 Å². The van der Waals surface area contributed by atoms with Crippen molar-refractivity contribution >= 4 is 23.9 Å². The van der Waals surface area contributed by atoms with Crippen LogP contribution in [0.15, 0.2) is 12.2 Å². The summed E-state index contributed by atoms with van der Waals surface area (Å²) in [5.74, 6) is 1.49. The molecule has 4 aliphatic rings. The van der Waals surface area contributed by atoms with E-state index in [1.54, 1.807) is 0 Å². The number of hydrogen-bond donors (Lipinski definition) is 3. The lowest BCUT2D eigenvalue weighted by Gasteiger charge is -2.61. The molecule has 0 bridgehead atoms. The number of ether oxygens (including phenoxy) is 1. The third-order valence-electron chi connectivity index (χ3n) is 12.0. The summed E-state index contributed by atoms with van der Waals surface area (Å²) in [6.07, 6.45) is 14.4. The first-order valence-electron chi connectivity index (χ1n) is 16.7. The molecular weight excluding hydrogens is 548 g/mol. The summed E-state index contributed by atoms with van der Waals surface area (Å²) in [5.41, 5.74) is 2.21. The van der Waals surface area contributed by atoms with Crippen LogP contribution in [0.1, 0.15) is 130 Å². The van der Waals surface area contributed by atoms with Gasteiger partial charge in [-0.1, -0.05) is 32.8 Å². The fourth-order valence-corrected chi connectivity index (χ4v) is 9.90. The molecule has 0 saturated heterocycles. The second kappa shape index (κ2) is 15.1. The average Bonchev–Trinajstić information content (AvgIpc) is 3.28. The summed E-state index contributed by atoms with van der Waals surface area (Å²) >= 11 is 0. The zero-order valence-corrected chi connectivity index (χ0v) is 26.9. The Labute approximate surface area is 258 Å². The monoisotopic (exact) mass is 604 g/mol. The maximum absolute atomic E-state index is 12.1. The van der Waals surface area contributed by atoms with Crippen LogP contribution in [0, 0.1) is 46.3 Å². The van der Waals surface area contributed by atoms with Gasteiger partial charge in [-0.3, -0.25) is 19.2 Å². The summed E-state index contributed by atoms with van der Waals surface area (Å²) in [6, 6.07) is 0. The zero-order valence-electron chi connectivity index (χ0n) is 26.9. The van der Waals surface area contributed by atoms with E-state index < -0.39 is 17.9 Å². The summed E-state index contributed by atoms with van der Waals surface area (Å²) in [5, 5.41) is 24.6. The van der Waals surface area contributed by atoms with E-state index >= 15 is 0 Å². The molecule has 4 fully saturated rings. The smallest absolute Gasteiger partial charge is 0.306 e. The molecule has 0 aliphatic heterocycles. The number of carboxylic acids is 3. The van der Waals surface area contributed by atoms with E-state index in [9.17, 15) is 19.2 Å². The molecule has 0 aromatic heterocycles. The average molecular weight is 605 g/mol. The summed E-state index contributed by atoms with van der Waals surface area (Å²) in [7, 11) is 0. The Hall–Kier alpha value is -2.38. The standard InChI is InChI=1S/C31H50O4.C4H6O4/c1-20(2)7-6-8-21(3)25-11-12-26-24-10-9-22-19-23(35-29(34)14-13-28(32)33)15-17-30(22,4)27(24)16-18-31(25,26)5;5-3(6)1-2-4(7)8/h21-27H,1,6-19H2,2-5H3,(H,32,33);1-2H2,(H,5,6)(H,7,8)/t21-,22?,23?,24+,25-,26+,27+,30+,31-;/m1./s1. The molecular formula is C35H56O8. The van der Waals surface area contributed by atoms with Gasteiger partial charge in [0.15, 0.2) is 0 Å². The third kappa shape index (κ3) is 8.85. The van der Waals surface area contributed by atoms with E-state index in [-0.39, 0.29) is 37.8 Å². The van der Waals surface area contributed by atoms with Crippen molar-refractivity contribution in [3.05, 3.63) is 12.2 Å². The number of fused-ring (bicyclic) bond motifs is 5. The van der Waals surface area contributed by atoms with Crippen LogP contribution in [-0.2, 0) is 23.9 Å². The number of hydrogen-bond acceptors (Lipinski definition) is 5. The second-order valence-electron chi connectivity index (χ2n) is 14.8. The maximum Gasteiger partial charge on any atom is 0.306 e. The van der Waals surface area contributed by atoms with Crippen molar-refractivity contribution in [1.29, 1.82) is 0 Å². The van der Waals surface area contributed by atoms with Crippen molar-refractivity contribution in [2.45, 2.75) is 137 Å². The highest BCUT2D eigenvalue weighted by Gasteiger charge is 2.60. The van der Waals surface area contributed by atoms with Crippen LogP contribution < -0.4 is 0 Å². The van der Waals surface area contributed by atoms with Crippen LogP contribution in [0.25, 0.3) is 0 Å². The van der Waals surface area contributed by atoms with Gasteiger partial charge in [-0.2, -0.15) is 0 Å². The van der Waals surface area contributed by atoms with Crippen molar-refractivity contribution in [3.63, 3.8) is 0 Å². The first-order valence-corrected chi connectivity index (χ1v) is 16.7. The molecule has 0 spiro atoms. The molecule has 9 atom stereocenters. The fraction of sp³-hybridized carbons (Fsp3) is 0.829. The Morgan fingerprint density at radius 1 is 0.791 bits per heavy atom. The molecule has 4 aliphatic carbocycles. The van der Waals surface area contributed by atoms with Crippen LogP contribution >= 0.6 is 0 Å². The van der Waals surface area contributed by atoms with E-state index in [1.165, 1.54) is 63.4 Å². The summed E-state index contributed by atoms with van der Waals surface area (Å²) < 4.78 is 5.74. The van der Waals surface area contributed by atoms with Crippen molar-refractivity contribution < 1.29 is 39.2 Å². The minimum absolute atomic E-state index is 0.00842. The Balaban J connectivity index is 0.000000557. The summed E-state index contributed by atoms with van der Waals surface area (Å²) in [6.45, 7) is 14.0. The number of carbonyl (C=O) groups excluding carboxylic acids is 1. The Morgan fingerprint density at radius 2 is 1.37 bits per heavy atom. The lowest BCUT2D eigenvalue weighted by atomic mass is 9.44. The van der Waals surface area contributed by atoms with E-state index in [2.05, 4.69) is 34.3 Å². The van der Waals surface area contributed by atoms with E-state index in [1.807, 2.05) is 0 Å². The topological polar surface area (TPSA) is 138 Å². The number of carboxylic acid groups (broad SMARTS) is 3. The molecule has 8 nitrogen and oxygen atoms in total. The normalized spacial score (nSPS) is 35.2. The minimum Gasteiger partial charge on any atom is -0.481 e. The Morgan fingerprint density at radius 3 is 1.98 bits per heavy atom. The van der Waals surface area contributed by atoms with Crippen molar-refractivity contribution in [2.75, 3.05) is 0 Å². The van der Waals surface area contributed by atoms with E-state index in [0.717, 1.165) is 48.9 Å². The van der Waals surface area contributed by atoms with Gasteiger partial charge in [0.05, 0.1) is 25.7 Å². The molecule has 0 aromatic carbocycles. The highest BCUT2D eigenvalue weighted by atomic mass is 16.5. The highest BCUT2D eigenvalue weighted by Crippen LogP contribution is 2.68. The number of esters is 1. The van der Waals surface area contributed by atoms with Crippen LogP contribution in [0.3, 0.4) is 0 Å². The predicted molar refractivity (Wildman–Crippen MR) is 164 cm³/mol. The molecule has 2 unspecified atom stereocenters. The van der Waals surface area contributed by atoms with Crippen LogP contribution in [0.5, 0.6) is 0 Å². The largest absolute Gasteiger partial charge is 0.481 e. The SMILES string of the molecule is C=C(C)CCC[C@@H](C)[C@H]1CC[C@H]2[C@@H]3CCC4CC(OC(=O)CCC(=O)O)CC[C@]4(C)[C@H]3CC[C@]12C.O=C(O)CCC(=O)O.